The smallest absolute Gasteiger partial charge is 0.273 e. The van der Waals surface area contributed by atoms with Gasteiger partial charge in [-0.3, -0.25) is 19.6 Å². The van der Waals surface area contributed by atoms with E-state index in [4.69, 9.17) is 0 Å². The summed E-state index contributed by atoms with van der Waals surface area (Å²) in [5, 5.41) is 19.1. The Bertz CT molecular complexity index is 917. The van der Waals surface area contributed by atoms with Crippen molar-refractivity contribution in [3.63, 3.8) is 0 Å². The lowest BCUT2D eigenvalue weighted by molar-refractivity contribution is -0.385. The minimum atomic E-state index is -0.478. The molecule has 0 saturated carbocycles. The number of carbonyl (C=O) groups is 1. The van der Waals surface area contributed by atoms with Crippen LogP contribution in [0.4, 0.5) is 11.4 Å². The summed E-state index contributed by atoms with van der Waals surface area (Å²) in [4.78, 5) is 22.8. The Labute approximate surface area is 138 Å². The second-order valence-electron chi connectivity index (χ2n) is 5.34. The van der Waals surface area contributed by atoms with Crippen molar-refractivity contribution in [2.24, 2.45) is 0 Å². The van der Waals surface area contributed by atoms with E-state index in [0.29, 0.717) is 11.3 Å². The van der Waals surface area contributed by atoms with Crippen molar-refractivity contribution >= 4 is 28.2 Å². The van der Waals surface area contributed by atoms with Gasteiger partial charge in [0.15, 0.2) is 0 Å². The van der Waals surface area contributed by atoms with Crippen LogP contribution in [0.3, 0.4) is 0 Å². The highest BCUT2D eigenvalue weighted by molar-refractivity contribution is 5.95. The second kappa shape index (κ2) is 6.49. The lowest BCUT2D eigenvalue weighted by atomic mass is 10.1. The summed E-state index contributed by atoms with van der Waals surface area (Å²) >= 11 is 0. The zero-order valence-corrected chi connectivity index (χ0v) is 13.1. The van der Waals surface area contributed by atoms with Crippen LogP contribution in [0.25, 0.3) is 10.9 Å². The predicted molar refractivity (Wildman–Crippen MR) is 90.8 cm³/mol. The van der Waals surface area contributed by atoms with E-state index < -0.39 is 4.92 Å². The van der Waals surface area contributed by atoms with Gasteiger partial charge in [0.2, 0.25) is 5.91 Å². The quantitative estimate of drug-likeness (QED) is 0.576. The third-order valence-electron chi connectivity index (χ3n) is 3.77. The molecule has 7 heteroatoms. The maximum Gasteiger partial charge on any atom is 0.273 e. The highest BCUT2D eigenvalue weighted by atomic mass is 16.6. The first-order chi connectivity index (χ1) is 11.6. The fraction of sp³-hybridized carbons (Fsp3) is 0.176. The number of nitrogens with one attached hydrogen (secondary N) is 1. The van der Waals surface area contributed by atoms with Crippen LogP contribution in [0.1, 0.15) is 12.5 Å². The van der Waals surface area contributed by atoms with Crippen LogP contribution in [0.2, 0.25) is 0 Å². The monoisotopic (exact) mass is 324 g/mol. The number of fused-ring (bicyclic) bond motifs is 1. The highest BCUT2D eigenvalue weighted by Crippen LogP contribution is 2.21. The Kier molecular flexibility index (Phi) is 4.24. The molecule has 24 heavy (non-hydrogen) atoms. The molecule has 3 aromatic rings. The molecule has 122 valence electrons. The van der Waals surface area contributed by atoms with Gasteiger partial charge in [0, 0.05) is 29.2 Å². The maximum atomic E-state index is 12.2. The number of amides is 1. The molecule has 0 saturated heterocycles. The minimum Gasteiger partial charge on any atom is -0.326 e. The van der Waals surface area contributed by atoms with Gasteiger partial charge < -0.3 is 5.32 Å². The number of nitrogens with zero attached hydrogens (tertiary/aromatic N) is 3. The topological polar surface area (TPSA) is 90.1 Å². The minimum absolute atomic E-state index is 0.0489. The zero-order chi connectivity index (χ0) is 17.1. The molecule has 2 aromatic carbocycles. The molecular formula is C17H16N4O3. The molecule has 0 spiro atoms. The maximum absolute atomic E-state index is 12.2. The first kappa shape index (κ1) is 15.7. The fourth-order valence-corrected chi connectivity index (χ4v) is 2.62. The van der Waals surface area contributed by atoms with Crippen molar-refractivity contribution < 1.29 is 9.72 Å². The summed E-state index contributed by atoms with van der Waals surface area (Å²) < 4.78 is 1.84. The second-order valence-corrected chi connectivity index (χ2v) is 5.34. The SMILES string of the molecule is CCn1ncc2ccc(NC(=O)Cc3ccccc3[N+](=O)[O-])cc21. The first-order valence-corrected chi connectivity index (χ1v) is 7.56. The van der Waals surface area contributed by atoms with Gasteiger partial charge in [-0.2, -0.15) is 5.10 Å². The Hall–Kier alpha value is -3.22. The van der Waals surface area contributed by atoms with Crippen LogP contribution in [0.5, 0.6) is 0 Å². The van der Waals surface area contributed by atoms with Crippen molar-refractivity contribution in [1.29, 1.82) is 0 Å². The molecule has 0 aliphatic carbocycles. The normalized spacial score (nSPS) is 10.7. The molecule has 1 N–H and O–H groups in total. The van der Waals surface area contributed by atoms with Crippen molar-refractivity contribution in [1.82, 2.24) is 9.78 Å². The molecule has 0 fully saturated rings. The summed E-state index contributed by atoms with van der Waals surface area (Å²) in [6, 6.07) is 11.8. The molecule has 0 unspecified atom stereocenters. The predicted octanol–water partition coefficient (Wildman–Crippen LogP) is 3.15. The average Bonchev–Trinajstić information content (AvgIpc) is 2.97. The number of para-hydroxylation sites is 1. The lowest BCUT2D eigenvalue weighted by Gasteiger charge is -2.07. The standard InChI is InChI=1S/C17H16N4O3/c1-2-20-16-10-14(8-7-13(16)11-18-20)19-17(22)9-12-5-3-4-6-15(12)21(23)24/h3-8,10-11H,2,9H2,1H3,(H,19,22). The van der Waals surface area contributed by atoms with Crippen LogP contribution in [-0.4, -0.2) is 20.6 Å². The van der Waals surface area contributed by atoms with Gasteiger partial charge in [0.25, 0.3) is 5.69 Å². The van der Waals surface area contributed by atoms with Crippen molar-refractivity contribution in [2.45, 2.75) is 19.9 Å². The molecule has 0 bridgehead atoms. The van der Waals surface area contributed by atoms with Crippen LogP contribution < -0.4 is 5.32 Å². The van der Waals surface area contributed by atoms with E-state index >= 15 is 0 Å². The molecule has 3 rings (SSSR count). The van der Waals surface area contributed by atoms with E-state index in [-0.39, 0.29) is 18.0 Å². The van der Waals surface area contributed by atoms with E-state index in [1.54, 1.807) is 30.5 Å². The molecule has 1 heterocycles. The fourth-order valence-electron chi connectivity index (χ4n) is 2.62. The lowest BCUT2D eigenvalue weighted by Crippen LogP contribution is -2.15. The average molecular weight is 324 g/mol. The van der Waals surface area contributed by atoms with Crippen LogP contribution in [0, 0.1) is 10.1 Å². The Morgan fingerprint density at radius 2 is 2.08 bits per heavy atom. The van der Waals surface area contributed by atoms with Gasteiger partial charge in [-0.05, 0) is 25.1 Å². The molecule has 1 amide bonds. The summed E-state index contributed by atoms with van der Waals surface area (Å²) in [7, 11) is 0. The van der Waals surface area contributed by atoms with Crippen LogP contribution in [-0.2, 0) is 17.8 Å². The van der Waals surface area contributed by atoms with E-state index in [2.05, 4.69) is 10.4 Å². The molecular weight excluding hydrogens is 308 g/mol. The van der Waals surface area contributed by atoms with Crippen molar-refractivity contribution in [2.75, 3.05) is 5.32 Å². The molecule has 0 aliphatic heterocycles. The number of nitro benzene ring substituents is 1. The first-order valence-electron chi connectivity index (χ1n) is 7.56. The third-order valence-corrected chi connectivity index (χ3v) is 3.77. The Balaban J connectivity index is 1.79. The van der Waals surface area contributed by atoms with Crippen LogP contribution in [0.15, 0.2) is 48.7 Å². The van der Waals surface area contributed by atoms with Gasteiger partial charge in [-0.1, -0.05) is 18.2 Å². The largest absolute Gasteiger partial charge is 0.326 e. The number of hydrogen-bond acceptors (Lipinski definition) is 4. The van der Waals surface area contributed by atoms with Crippen molar-refractivity contribution in [3.8, 4) is 0 Å². The number of carbonyl (C=O) groups excluding carboxylic acids is 1. The Morgan fingerprint density at radius 3 is 2.83 bits per heavy atom. The Morgan fingerprint density at radius 1 is 1.29 bits per heavy atom. The number of nitro groups is 1. The summed E-state index contributed by atoms with van der Waals surface area (Å²) in [6.07, 6.45) is 1.72. The van der Waals surface area contributed by atoms with E-state index in [0.717, 1.165) is 17.4 Å². The summed E-state index contributed by atoms with van der Waals surface area (Å²) in [5.74, 6) is -0.300. The highest BCUT2D eigenvalue weighted by Gasteiger charge is 2.15. The zero-order valence-electron chi connectivity index (χ0n) is 13.1. The van der Waals surface area contributed by atoms with Gasteiger partial charge in [-0.25, -0.2) is 0 Å². The number of rotatable bonds is 5. The van der Waals surface area contributed by atoms with E-state index in [9.17, 15) is 14.9 Å². The summed E-state index contributed by atoms with van der Waals surface area (Å²) in [6.45, 7) is 2.73. The van der Waals surface area contributed by atoms with Gasteiger partial charge in [0.05, 0.1) is 23.1 Å². The molecule has 1 aromatic heterocycles. The number of aromatic nitrogens is 2. The van der Waals surface area contributed by atoms with E-state index in [1.165, 1.54) is 6.07 Å². The molecule has 0 radical (unpaired) electrons. The van der Waals surface area contributed by atoms with Gasteiger partial charge in [0.1, 0.15) is 0 Å². The van der Waals surface area contributed by atoms with Gasteiger partial charge in [-0.15, -0.1) is 0 Å². The number of hydrogen-bond donors (Lipinski definition) is 1. The molecule has 0 atom stereocenters. The van der Waals surface area contributed by atoms with Crippen LogP contribution >= 0.6 is 0 Å². The third kappa shape index (κ3) is 3.10. The molecule has 0 aliphatic rings. The van der Waals surface area contributed by atoms with Crippen molar-refractivity contribution in [3.05, 3.63) is 64.3 Å². The molecule has 7 nitrogen and oxygen atoms in total. The summed E-state index contributed by atoms with van der Waals surface area (Å²) in [5.41, 5.74) is 1.91. The van der Waals surface area contributed by atoms with E-state index in [1.807, 2.05) is 23.7 Å². The number of aryl methyl sites for hydroxylation is 1. The number of anilines is 1. The number of benzene rings is 2. The van der Waals surface area contributed by atoms with Gasteiger partial charge >= 0.3 is 0 Å².